The van der Waals surface area contributed by atoms with Crippen molar-refractivity contribution in [2.45, 2.75) is 46.1 Å². The Balaban J connectivity index is 1.96. The summed E-state index contributed by atoms with van der Waals surface area (Å²) in [6.45, 7) is 10.2. The number of ketones is 1. The number of aryl methyl sites for hydroxylation is 2. The molecule has 6 nitrogen and oxygen atoms in total. The van der Waals surface area contributed by atoms with Crippen LogP contribution in [0.4, 0.5) is 11.4 Å². The molecule has 1 heterocycles. The van der Waals surface area contributed by atoms with Crippen LogP contribution in [0.3, 0.4) is 0 Å². The Morgan fingerprint density at radius 2 is 1.55 bits per heavy atom. The molecule has 1 fully saturated rings. The van der Waals surface area contributed by atoms with Crippen LogP contribution in [0.25, 0.3) is 5.76 Å². The van der Waals surface area contributed by atoms with Gasteiger partial charge in [-0.05, 0) is 71.8 Å². The second-order valence-corrected chi connectivity index (χ2v) is 11.1. The minimum atomic E-state index is -0.808. The van der Waals surface area contributed by atoms with Gasteiger partial charge in [-0.2, -0.15) is 0 Å². The third-order valence-electron chi connectivity index (χ3n) is 7.06. The van der Waals surface area contributed by atoms with Gasteiger partial charge in [0.25, 0.3) is 11.7 Å². The molecule has 198 valence electrons. The number of Topliss-reactive ketones (excluding diaryl/α,β-unsaturated/α-hetero) is 1. The number of methoxy groups -OCH3 is 1. The van der Waals surface area contributed by atoms with Crippen molar-refractivity contribution in [3.63, 3.8) is 0 Å². The molecule has 0 saturated carbocycles. The van der Waals surface area contributed by atoms with E-state index in [1.807, 2.05) is 87.4 Å². The quantitative estimate of drug-likeness (QED) is 0.247. The molecule has 1 saturated heterocycles. The number of aliphatic hydroxyl groups is 1. The average Bonchev–Trinajstić information content (AvgIpc) is 3.13. The lowest BCUT2D eigenvalue weighted by Crippen LogP contribution is -2.29. The standard InChI is InChI=1S/C32H36N2O4/c1-19-17-20(2)30(38-8)25(18-19)28(35)26-27(21-9-13-23(14-10-21)33(6)7)34(31(37)29(26)36)24-15-11-22(12-16-24)32(3,4)5/h9-18,27,35H,1-8H3/b28-26+. The Hall–Kier alpha value is -4.06. The van der Waals surface area contributed by atoms with Crippen LogP contribution in [0.5, 0.6) is 5.75 Å². The van der Waals surface area contributed by atoms with Crippen molar-refractivity contribution in [1.29, 1.82) is 0 Å². The summed E-state index contributed by atoms with van der Waals surface area (Å²) in [6.07, 6.45) is 0. The normalized spacial score (nSPS) is 17.2. The summed E-state index contributed by atoms with van der Waals surface area (Å²) in [6, 6.07) is 18.3. The summed E-state index contributed by atoms with van der Waals surface area (Å²) < 4.78 is 5.60. The number of ether oxygens (including phenoxy) is 1. The zero-order chi connectivity index (χ0) is 27.9. The molecule has 1 atom stereocenters. The van der Waals surface area contributed by atoms with Gasteiger partial charge in [-0.15, -0.1) is 0 Å². The summed E-state index contributed by atoms with van der Waals surface area (Å²) in [7, 11) is 5.43. The smallest absolute Gasteiger partial charge is 0.300 e. The number of rotatable bonds is 5. The van der Waals surface area contributed by atoms with Crippen LogP contribution in [-0.4, -0.2) is 38.0 Å². The Kier molecular flexibility index (Phi) is 7.11. The van der Waals surface area contributed by atoms with Crippen LogP contribution in [-0.2, 0) is 15.0 Å². The summed E-state index contributed by atoms with van der Waals surface area (Å²) in [4.78, 5) is 30.6. The van der Waals surface area contributed by atoms with Gasteiger partial charge in [0.2, 0.25) is 0 Å². The summed E-state index contributed by atoms with van der Waals surface area (Å²) >= 11 is 0. The monoisotopic (exact) mass is 512 g/mol. The average molecular weight is 513 g/mol. The first-order valence-electron chi connectivity index (χ1n) is 12.7. The first-order chi connectivity index (χ1) is 17.8. The van der Waals surface area contributed by atoms with E-state index < -0.39 is 17.7 Å². The van der Waals surface area contributed by atoms with Gasteiger partial charge in [0.15, 0.2) is 0 Å². The summed E-state index contributed by atoms with van der Waals surface area (Å²) in [5.74, 6) is -1.19. The maximum atomic E-state index is 13.6. The molecule has 6 heteroatoms. The second kappa shape index (κ2) is 10.0. The van der Waals surface area contributed by atoms with Gasteiger partial charge < -0.3 is 14.7 Å². The highest BCUT2D eigenvalue weighted by atomic mass is 16.5. The third kappa shape index (κ3) is 4.78. The maximum absolute atomic E-state index is 13.6. The number of nitrogens with zero attached hydrogens (tertiary/aromatic N) is 2. The van der Waals surface area contributed by atoms with Gasteiger partial charge in [0, 0.05) is 25.5 Å². The van der Waals surface area contributed by atoms with Gasteiger partial charge in [-0.25, -0.2) is 0 Å². The number of hydrogen-bond donors (Lipinski definition) is 1. The zero-order valence-electron chi connectivity index (χ0n) is 23.4. The molecule has 3 aromatic carbocycles. The molecule has 0 spiro atoms. The molecule has 0 aromatic heterocycles. The van der Waals surface area contributed by atoms with E-state index >= 15 is 0 Å². The lowest BCUT2D eigenvalue weighted by Gasteiger charge is -2.27. The minimum Gasteiger partial charge on any atom is -0.507 e. The van der Waals surface area contributed by atoms with Crippen molar-refractivity contribution in [3.8, 4) is 5.75 Å². The fourth-order valence-electron chi connectivity index (χ4n) is 5.04. The summed E-state index contributed by atoms with van der Waals surface area (Å²) in [5, 5.41) is 11.7. The number of amides is 1. The lowest BCUT2D eigenvalue weighted by atomic mass is 9.87. The topological polar surface area (TPSA) is 70.1 Å². The highest BCUT2D eigenvalue weighted by Gasteiger charge is 2.47. The number of aliphatic hydroxyl groups excluding tert-OH is 1. The van der Waals surface area contributed by atoms with Crippen LogP contribution < -0.4 is 14.5 Å². The predicted octanol–water partition coefficient (Wildman–Crippen LogP) is 6.30. The van der Waals surface area contributed by atoms with Crippen molar-refractivity contribution in [2.24, 2.45) is 0 Å². The van der Waals surface area contributed by atoms with E-state index in [4.69, 9.17) is 4.74 Å². The van der Waals surface area contributed by atoms with E-state index in [9.17, 15) is 14.7 Å². The van der Waals surface area contributed by atoms with Crippen LogP contribution in [0.15, 0.2) is 66.2 Å². The second-order valence-electron chi connectivity index (χ2n) is 11.1. The van der Waals surface area contributed by atoms with E-state index in [-0.39, 0.29) is 16.7 Å². The van der Waals surface area contributed by atoms with E-state index in [0.29, 0.717) is 17.0 Å². The molecule has 1 amide bonds. The first kappa shape index (κ1) is 27.0. The number of anilines is 2. The van der Waals surface area contributed by atoms with Gasteiger partial charge in [-0.1, -0.05) is 51.1 Å². The Morgan fingerprint density at radius 3 is 2.08 bits per heavy atom. The van der Waals surface area contributed by atoms with Crippen molar-refractivity contribution < 1.29 is 19.4 Å². The molecular weight excluding hydrogens is 476 g/mol. The molecular formula is C32H36N2O4. The number of hydrogen-bond acceptors (Lipinski definition) is 5. The van der Waals surface area contributed by atoms with Gasteiger partial charge >= 0.3 is 0 Å². The number of benzene rings is 3. The predicted molar refractivity (Wildman–Crippen MR) is 153 cm³/mol. The fraction of sp³-hybridized carbons (Fsp3) is 0.312. The van der Waals surface area contributed by atoms with Crippen molar-refractivity contribution >= 4 is 28.8 Å². The van der Waals surface area contributed by atoms with Gasteiger partial charge in [-0.3, -0.25) is 14.5 Å². The first-order valence-corrected chi connectivity index (χ1v) is 12.7. The Morgan fingerprint density at radius 1 is 0.947 bits per heavy atom. The highest BCUT2D eigenvalue weighted by molar-refractivity contribution is 6.51. The van der Waals surface area contributed by atoms with Crippen molar-refractivity contribution in [2.75, 3.05) is 31.0 Å². The number of carbonyl (C=O) groups is 2. The third-order valence-corrected chi connectivity index (χ3v) is 7.06. The highest BCUT2D eigenvalue weighted by Crippen LogP contribution is 2.44. The molecule has 38 heavy (non-hydrogen) atoms. The van der Waals surface area contributed by atoms with E-state index in [1.54, 1.807) is 6.07 Å². The van der Waals surface area contributed by atoms with Gasteiger partial charge in [0.05, 0.1) is 24.3 Å². The van der Waals surface area contributed by atoms with Crippen LogP contribution in [0.1, 0.15) is 54.6 Å². The van der Waals surface area contributed by atoms with Crippen molar-refractivity contribution in [3.05, 3.63) is 94.1 Å². The molecule has 1 aliphatic rings. The van der Waals surface area contributed by atoms with E-state index in [2.05, 4.69) is 20.8 Å². The summed E-state index contributed by atoms with van der Waals surface area (Å²) in [5.41, 5.74) is 5.51. The molecule has 0 radical (unpaired) electrons. The van der Waals surface area contributed by atoms with Crippen LogP contribution in [0.2, 0.25) is 0 Å². The Labute approximate surface area is 225 Å². The fourth-order valence-corrected chi connectivity index (χ4v) is 5.04. The molecule has 1 unspecified atom stereocenters. The largest absolute Gasteiger partial charge is 0.507 e. The lowest BCUT2D eigenvalue weighted by molar-refractivity contribution is -0.132. The minimum absolute atomic E-state index is 0.0378. The van der Waals surface area contributed by atoms with E-state index in [1.165, 1.54) is 12.0 Å². The molecule has 3 aromatic rings. The zero-order valence-corrected chi connectivity index (χ0v) is 23.4. The van der Waals surface area contributed by atoms with Crippen molar-refractivity contribution in [1.82, 2.24) is 0 Å². The molecule has 0 aliphatic carbocycles. The van der Waals surface area contributed by atoms with E-state index in [0.717, 1.165) is 27.9 Å². The SMILES string of the molecule is COc1c(C)cc(C)cc1/C(O)=C1\C(=O)C(=O)N(c2ccc(C(C)(C)C)cc2)C1c1ccc(N(C)C)cc1. The molecule has 1 aliphatic heterocycles. The molecule has 0 bridgehead atoms. The van der Waals surface area contributed by atoms with Crippen LogP contribution in [0, 0.1) is 13.8 Å². The molecule has 1 N–H and O–H groups in total. The number of carbonyl (C=O) groups excluding carboxylic acids is 2. The Bertz CT molecular complexity index is 1410. The maximum Gasteiger partial charge on any atom is 0.300 e. The van der Waals surface area contributed by atoms with Gasteiger partial charge in [0.1, 0.15) is 11.5 Å². The van der Waals surface area contributed by atoms with Crippen LogP contribution >= 0.6 is 0 Å². The molecule has 4 rings (SSSR count).